The van der Waals surface area contributed by atoms with Gasteiger partial charge in [0.05, 0.1) is 11.6 Å². The second-order valence-corrected chi connectivity index (χ2v) is 8.46. The SMILES string of the molecule is Cc1ccc(S(=O)(=O)NC(=[NH+]C2CCCCC2)c2ccc(F)cc2)cc1. The maximum atomic E-state index is 13.3. The summed E-state index contributed by atoms with van der Waals surface area (Å²) < 4.78 is 41.5. The molecule has 0 unspecified atom stereocenters. The molecule has 0 atom stereocenters. The average molecular weight is 375 g/mol. The Bertz CT molecular complexity index is 869. The molecule has 2 aromatic rings. The predicted octanol–water partition coefficient (Wildman–Crippen LogP) is 2.27. The van der Waals surface area contributed by atoms with Gasteiger partial charge in [-0.05, 0) is 69.0 Å². The van der Waals surface area contributed by atoms with Gasteiger partial charge in [-0.25, -0.2) is 4.39 Å². The molecule has 0 saturated heterocycles. The van der Waals surface area contributed by atoms with Gasteiger partial charge in [-0.3, -0.25) is 4.99 Å². The molecule has 0 heterocycles. The summed E-state index contributed by atoms with van der Waals surface area (Å²) in [7, 11) is -3.73. The summed E-state index contributed by atoms with van der Waals surface area (Å²) >= 11 is 0. The Morgan fingerprint density at radius 2 is 1.62 bits per heavy atom. The summed E-state index contributed by atoms with van der Waals surface area (Å²) in [5, 5.41) is 0. The van der Waals surface area contributed by atoms with Crippen LogP contribution in [0, 0.1) is 12.7 Å². The number of sulfonamides is 1. The molecular weight excluding hydrogens is 351 g/mol. The Labute approximate surface area is 154 Å². The number of aryl methyl sites for hydroxylation is 1. The smallest absolute Gasteiger partial charge is 0.271 e. The lowest BCUT2D eigenvalue weighted by Gasteiger charge is -2.17. The zero-order valence-electron chi connectivity index (χ0n) is 14.8. The molecule has 2 N–H and O–H groups in total. The molecule has 6 heteroatoms. The Hall–Kier alpha value is -2.21. The van der Waals surface area contributed by atoms with Crippen molar-refractivity contribution in [3.05, 3.63) is 65.5 Å². The first kappa shape index (κ1) is 18.6. The van der Waals surface area contributed by atoms with Crippen molar-refractivity contribution in [2.45, 2.75) is 50.0 Å². The summed E-state index contributed by atoms with van der Waals surface area (Å²) in [6.07, 6.45) is 5.45. The minimum atomic E-state index is -3.73. The summed E-state index contributed by atoms with van der Waals surface area (Å²) in [4.78, 5) is 3.53. The van der Waals surface area contributed by atoms with Gasteiger partial charge < -0.3 is 0 Å². The van der Waals surface area contributed by atoms with Gasteiger partial charge in [0.1, 0.15) is 10.7 Å². The van der Waals surface area contributed by atoms with Crippen molar-refractivity contribution in [2.24, 2.45) is 0 Å². The third-order valence-corrected chi connectivity index (χ3v) is 6.02. The van der Waals surface area contributed by atoms with Gasteiger partial charge in [0.15, 0.2) is 0 Å². The topological polar surface area (TPSA) is 60.1 Å². The highest BCUT2D eigenvalue weighted by atomic mass is 32.2. The highest BCUT2D eigenvalue weighted by Gasteiger charge is 2.25. The summed E-state index contributed by atoms with van der Waals surface area (Å²) in [6.45, 7) is 1.91. The van der Waals surface area contributed by atoms with Crippen molar-refractivity contribution < 1.29 is 17.8 Å². The Balaban J connectivity index is 1.93. The third kappa shape index (κ3) is 4.69. The van der Waals surface area contributed by atoms with Crippen LogP contribution in [0.3, 0.4) is 0 Å². The first-order valence-corrected chi connectivity index (χ1v) is 10.4. The minimum Gasteiger partial charge on any atom is -0.271 e. The lowest BCUT2D eigenvalue weighted by atomic mass is 9.96. The molecular formula is C20H24FN2O2S+. The van der Waals surface area contributed by atoms with E-state index >= 15 is 0 Å². The van der Waals surface area contributed by atoms with Crippen LogP contribution in [0.1, 0.15) is 43.2 Å². The van der Waals surface area contributed by atoms with Crippen LogP contribution in [0.25, 0.3) is 0 Å². The molecule has 4 nitrogen and oxygen atoms in total. The maximum absolute atomic E-state index is 13.3. The van der Waals surface area contributed by atoms with Gasteiger partial charge in [0.2, 0.25) is 0 Å². The molecule has 1 saturated carbocycles. The van der Waals surface area contributed by atoms with Crippen LogP contribution in [-0.4, -0.2) is 20.3 Å². The first-order chi connectivity index (χ1) is 12.4. The normalized spacial score (nSPS) is 16.5. The number of benzene rings is 2. The number of nitrogens with one attached hydrogen (secondary N) is 2. The first-order valence-electron chi connectivity index (χ1n) is 8.93. The average Bonchev–Trinajstić information content (AvgIpc) is 2.63. The zero-order valence-corrected chi connectivity index (χ0v) is 15.7. The van der Waals surface area contributed by atoms with Crippen LogP contribution in [-0.2, 0) is 10.0 Å². The fraction of sp³-hybridized carbons (Fsp3) is 0.350. The van der Waals surface area contributed by atoms with E-state index in [0.717, 1.165) is 31.2 Å². The lowest BCUT2D eigenvalue weighted by Crippen LogP contribution is -2.82. The molecule has 1 fully saturated rings. The van der Waals surface area contributed by atoms with Crippen LogP contribution >= 0.6 is 0 Å². The van der Waals surface area contributed by atoms with Crippen LogP contribution in [0.5, 0.6) is 0 Å². The van der Waals surface area contributed by atoms with Gasteiger partial charge in [-0.15, -0.1) is 0 Å². The molecule has 0 aromatic heterocycles. The molecule has 3 rings (SSSR count). The van der Waals surface area contributed by atoms with E-state index in [4.69, 9.17) is 0 Å². The third-order valence-electron chi connectivity index (χ3n) is 4.65. The predicted molar refractivity (Wildman–Crippen MR) is 99.8 cm³/mol. The summed E-state index contributed by atoms with van der Waals surface area (Å²) in [5.74, 6) is 0.0460. The van der Waals surface area contributed by atoms with E-state index in [2.05, 4.69) is 9.71 Å². The molecule has 0 spiro atoms. The highest BCUT2D eigenvalue weighted by molar-refractivity contribution is 7.90. The fourth-order valence-electron chi connectivity index (χ4n) is 3.15. The lowest BCUT2D eigenvalue weighted by molar-refractivity contribution is -0.508. The second kappa shape index (κ2) is 7.99. The number of rotatable bonds is 4. The number of amidine groups is 1. The Morgan fingerprint density at radius 1 is 1.00 bits per heavy atom. The number of halogens is 1. The molecule has 26 heavy (non-hydrogen) atoms. The molecule has 1 aliphatic rings. The monoisotopic (exact) mass is 375 g/mol. The van der Waals surface area contributed by atoms with Crippen molar-refractivity contribution in [1.29, 1.82) is 0 Å². The van der Waals surface area contributed by atoms with E-state index < -0.39 is 10.0 Å². The molecule has 1 aliphatic carbocycles. The van der Waals surface area contributed by atoms with E-state index in [1.807, 2.05) is 6.92 Å². The Kier molecular flexibility index (Phi) is 5.71. The van der Waals surface area contributed by atoms with Crippen LogP contribution in [0.4, 0.5) is 4.39 Å². The standard InChI is InChI=1S/C20H23FN2O2S/c1-15-7-13-19(14-8-15)26(24,25)23-20(16-9-11-17(21)12-10-16)22-18-5-3-2-4-6-18/h7-14,18H,2-6H2,1H3,(H,22,23)/p+1. The van der Waals surface area contributed by atoms with E-state index in [-0.39, 0.29) is 16.8 Å². The highest BCUT2D eigenvalue weighted by Crippen LogP contribution is 2.15. The zero-order chi connectivity index (χ0) is 18.6. The molecule has 138 valence electrons. The van der Waals surface area contributed by atoms with Crippen molar-refractivity contribution >= 4 is 15.9 Å². The summed E-state index contributed by atoms with van der Waals surface area (Å²) in [5.41, 5.74) is 1.61. The van der Waals surface area contributed by atoms with Crippen molar-refractivity contribution in [1.82, 2.24) is 4.72 Å². The van der Waals surface area contributed by atoms with Crippen LogP contribution in [0.2, 0.25) is 0 Å². The summed E-state index contributed by atoms with van der Waals surface area (Å²) in [6, 6.07) is 12.7. The molecule has 0 bridgehead atoms. The van der Waals surface area contributed by atoms with Gasteiger partial charge in [-0.1, -0.05) is 24.1 Å². The number of hydrogen-bond donors (Lipinski definition) is 2. The largest absolute Gasteiger partial charge is 0.328 e. The van der Waals surface area contributed by atoms with Crippen LogP contribution in [0.15, 0.2) is 53.4 Å². The van der Waals surface area contributed by atoms with Crippen LogP contribution < -0.4 is 9.71 Å². The molecule has 0 radical (unpaired) electrons. The van der Waals surface area contributed by atoms with E-state index in [1.165, 1.54) is 18.6 Å². The van der Waals surface area contributed by atoms with Crippen molar-refractivity contribution in [2.75, 3.05) is 0 Å². The van der Waals surface area contributed by atoms with Gasteiger partial charge >= 0.3 is 10.0 Å². The van der Waals surface area contributed by atoms with E-state index in [1.54, 1.807) is 36.4 Å². The van der Waals surface area contributed by atoms with Gasteiger partial charge in [0.25, 0.3) is 5.84 Å². The van der Waals surface area contributed by atoms with Gasteiger partial charge in [-0.2, -0.15) is 13.1 Å². The van der Waals surface area contributed by atoms with Crippen molar-refractivity contribution in [3.8, 4) is 0 Å². The maximum Gasteiger partial charge on any atom is 0.328 e. The second-order valence-electron chi connectivity index (χ2n) is 6.78. The van der Waals surface area contributed by atoms with Gasteiger partial charge in [0, 0.05) is 0 Å². The number of hydrogen-bond acceptors (Lipinski definition) is 2. The minimum absolute atomic E-state index is 0.202. The van der Waals surface area contributed by atoms with Crippen molar-refractivity contribution in [3.63, 3.8) is 0 Å². The van der Waals surface area contributed by atoms with E-state index in [0.29, 0.717) is 11.4 Å². The molecule has 0 amide bonds. The fourth-order valence-corrected chi connectivity index (χ4v) is 4.21. The molecule has 0 aliphatic heterocycles. The quantitative estimate of drug-likeness (QED) is 0.636. The van der Waals surface area contributed by atoms with E-state index in [9.17, 15) is 12.8 Å². The Morgan fingerprint density at radius 3 is 2.23 bits per heavy atom. The molecule has 2 aromatic carbocycles.